The molecular weight excluding hydrogens is 242 g/mol. The Labute approximate surface area is 105 Å². The van der Waals surface area contributed by atoms with Gasteiger partial charge in [0.15, 0.2) is 17.9 Å². The molecule has 0 aliphatic carbocycles. The van der Waals surface area contributed by atoms with Gasteiger partial charge in [-0.1, -0.05) is 6.07 Å². The molecule has 18 heavy (non-hydrogen) atoms. The zero-order chi connectivity index (χ0) is 13.5. The summed E-state index contributed by atoms with van der Waals surface area (Å²) in [6, 6.07) is 2.99. The fraction of sp³-hybridized carbons (Fsp3) is 0.500. The smallest absolute Gasteiger partial charge is 0.178 e. The van der Waals surface area contributed by atoms with Gasteiger partial charge in [0, 0.05) is 13.2 Å². The highest BCUT2D eigenvalue weighted by molar-refractivity contribution is 5.21. The van der Waals surface area contributed by atoms with Gasteiger partial charge in [-0.3, -0.25) is 5.84 Å². The first-order valence-electron chi connectivity index (χ1n) is 5.78. The van der Waals surface area contributed by atoms with Gasteiger partial charge in [0.05, 0.1) is 6.04 Å². The Bertz CT molecular complexity index is 371. The van der Waals surface area contributed by atoms with Crippen LogP contribution in [-0.4, -0.2) is 19.5 Å². The number of nitrogens with two attached hydrogens (primary N) is 1. The predicted molar refractivity (Wildman–Crippen MR) is 63.5 cm³/mol. The Kier molecular flexibility index (Phi) is 6.14. The molecule has 4 nitrogen and oxygen atoms in total. The second-order valence-electron chi connectivity index (χ2n) is 3.60. The van der Waals surface area contributed by atoms with Crippen molar-refractivity contribution in [1.82, 2.24) is 5.43 Å². The SMILES string of the molecule is CCOC(OCC)C(NN)c1ccc(F)c(F)c1. The minimum Gasteiger partial charge on any atom is -0.351 e. The topological polar surface area (TPSA) is 56.5 Å². The molecule has 0 heterocycles. The third-order valence-corrected chi connectivity index (χ3v) is 2.42. The van der Waals surface area contributed by atoms with Crippen LogP contribution in [0.25, 0.3) is 0 Å². The summed E-state index contributed by atoms with van der Waals surface area (Å²) in [4.78, 5) is 0. The summed E-state index contributed by atoms with van der Waals surface area (Å²) in [7, 11) is 0. The molecule has 3 N–H and O–H groups in total. The molecule has 1 aromatic carbocycles. The van der Waals surface area contributed by atoms with E-state index in [0.29, 0.717) is 18.8 Å². The molecule has 102 valence electrons. The first-order valence-corrected chi connectivity index (χ1v) is 5.78. The van der Waals surface area contributed by atoms with Crippen molar-refractivity contribution in [2.45, 2.75) is 26.2 Å². The van der Waals surface area contributed by atoms with Crippen molar-refractivity contribution in [2.24, 2.45) is 5.84 Å². The molecule has 1 atom stereocenters. The molecular formula is C12H18F2N2O2. The lowest BCUT2D eigenvalue weighted by molar-refractivity contribution is -0.155. The van der Waals surface area contributed by atoms with E-state index in [4.69, 9.17) is 15.3 Å². The molecule has 1 aromatic rings. The summed E-state index contributed by atoms with van der Waals surface area (Å²) in [6.45, 7) is 4.47. The van der Waals surface area contributed by atoms with E-state index in [1.54, 1.807) is 0 Å². The minimum absolute atomic E-state index is 0.423. The van der Waals surface area contributed by atoms with Crippen molar-refractivity contribution in [3.63, 3.8) is 0 Å². The number of hydrogen-bond acceptors (Lipinski definition) is 4. The molecule has 0 saturated carbocycles. The van der Waals surface area contributed by atoms with Gasteiger partial charge in [0.1, 0.15) is 0 Å². The molecule has 0 bridgehead atoms. The largest absolute Gasteiger partial charge is 0.351 e. The number of hydrazine groups is 1. The highest BCUT2D eigenvalue weighted by Crippen LogP contribution is 2.21. The molecule has 0 aliphatic rings. The molecule has 0 spiro atoms. The Morgan fingerprint density at radius 3 is 2.22 bits per heavy atom. The zero-order valence-electron chi connectivity index (χ0n) is 10.5. The van der Waals surface area contributed by atoms with Gasteiger partial charge in [-0.25, -0.2) is 14.2 Å². The highest BCUT2D eigenvalue weighted by Gasteiger charge is 2.24. The lowest BCUT2D eigenvalue weighted by Gasteiger charge is -2.26. The Morgan fingerprint density at radius 2 is 1.78 bits per heavy atom. The minimum atomic E-state index is -0.931. The maximum absolute atomic E-state index is 13.2. The second kappa shape index (κ2) is 7.38. The summed E-state index contributed by atoms with van der Waals surface area (Å²) < 4.78 is 36.8. The van der Waals surface area contributed by atoms with Crippen LogP contribution in [0.15, 0.2) is 18.2 Å². The molecule has 0 radical (unpaired) electrons. The lowest BCUT2D eigenvalue weighted by atomic mass is 10.1. The fourth-order valence-corrected chi connectivity index (χ4v) is 1.61. The van der Waals surface area contributed by atoms with E-state index in [-0.39, 0.29) is 0 Å². The number of benzene rings is 1. The molecule has 0 saturated heterocycles. The lowest BCUT2D eigenvalue weighted by Crippen LogP contribution is -2.39. The molecule has 0 amide bonds. The van der Waals surface area contributed by atoms with Crippen molar-refractivity contribution in [3.05, 3.63) is 35.4 Å². The maximum atomic E-state index is 13.2. The van der Waals surface area contributed by atoms with E-state index in [1.807, 2.05) is 13.8 Å². The molecule has 0 fully saturated rings. The van der Waals surface area contributed by atoms with E-state index >= 15 is 0 Å². The summed E-state index contributed by atoms with van der Waals surface area (Å²) >= 11 is 0. The van der Waals surface area contributed by atoms with Crippen molar-refractivity contribution in [2.75, 3.05) is 13.2 Å². The van der Waals surface area contributed by atoms with Gasteiger partial charge in [0.2, 0.25) is 0 Å². The average molecular weight is 260 g/mol. The van der Waals surface area contributed by atoms with Crippen LogP contribution in [0.3, 0.4) is 0 Å². The van der Waals surface area contributed by atoms with E-state index in [2.05, 4.69) is 5.43 Å². The summed E-state index contributed by atoms with van der Waals surface area (Å²) in [5, 5.41) is 0. The van der Waals surface area contributed by atoms with Crippen molar-refractivity contribution >= 4 is 0 Å². The number of halogens is 2. The van der Waals surface area contributed by atoms with Gasteiger partial charge < -0.3 is 9.47 Å². The Balaban J connectivity index is 2.94. The van der Waals surface area contributed by atoms with Crippen LogP contribution in [-0.2, 0) is 9.47 Å². The van der Waals surface area contributed by atoms with Crippen LogP contribution < -0.4 is 11.3 Å². The molecule has 1 unspecified atom stereocenters. The van der Waals surface area contributed by atoms with Gasteiger partial charge in [-0.2, -0.15) is 0 Å². The summed E-state index contributed by atoms with van der Waals surface area (Å²) in [5.41, 5.74) is 2.96. The van der Waals surface area contributed by atoms with Crippen LogP contribution in [0.2, 0.25) is 0 Å². The van der Waals surface area contributed by atoms with Crippen LogP contribution in [0.4, 0.5) is 8.78 Å². The molecule has 0 aromatic heterocycles. The van der Waals surface area contributed by atoms with Crippen molar-refractivity contribution in [1.29, 1.82) is 0 Å². The van der Waals surface area contributed by atoms with E-state index < -0.39 is 24.0 Å². The third-order valence-electron chi connectivity index (χ3n) is 2.42. The molecule has 1 rings (SSSR count). The van der Waals surface area contributed by atoms with Crippen LogP contribution >= 0.6 is 0 Å². The second-order valence-corrected chi connectivity index (χ2v) is 3.60. The summed E-state index contributed by atoms with van der Waals surface area (Å²) in [5.74, 6) is 3.59. The average Bonchev–Trinajstić information content (AvgIpc) is 2.35. The third kappa shape index (κ3) is 3.71. The normalized spacial score (nSPS) is 13.0. The first-order chi connectivity index (χ1) is 8.63. The quantitative estimate of drug-likeness (QED) is 0.446. The number of hydrogen-bond donors (Lipinski definition) is 2. The van der Waals surface area contributed by atoms with Gasteiger partial charge in [-0.05, 0) is 31.5 Å². The van der Waals surface area contributed by atoms with E-state index in [1.165, 1.54) is 6.07 Å². The zero-order valence-corrected chi connectivity index (χ0v) is 10.5. The maximum Gasteiger partial charge on any atom is 0.178 e. The fourth-order valence-electron chi connectivity index (χ4n) is 1.61. The summed E-state index contributed by atoms with van der Waals surface area (Å²) in [6.07, 6.45) is -0.658. The van der Waals surface area contributed by atoms with Crippen molar-refractivity contribution < 1.29 is 18.3 Å². The number of rotatable bonds is 7. The van der Waals surface area contributed by atoms with Crippen LogP contribution in [0.5, 0.6) is 0 Å². The Hall–Kier alpha value is -1.08. The van der Waals surface area contributed by atoms with Crippen LogP contribution in [0.1, 0.15) is 25.5 Å². The number of nitrogens with one attached hydrogen (secondary N) is 1. The highest BCUT2D eigenvalue weighted by atomic mass is 19.2. The van der Waals surface area contributed by atoms with Crippen LogP contribution in [0, 0.1) is 11.6 Å². The standard InChI is InChI=1S/C12H18F2N2O2/c1-3-17-12(18-4-2)11(16-15)8-5-6-9(13)10(14)7-8/h5-7,11-12,16H,3-4,15H2,1-2H3. The van der Waals surface area contributed by atoms with E-state index in [9.17, 15) is 8.78 Å². The van der Waals surface area contributed by atoms with Crippen molar-refractivity contribution in [3.8, 4) is 0 Å². The van der Waals surface area contributed by atoms with Gasteiger partial charge in [-0.15, -0.1) is 0 Å². The number of ether oxygens (including phenoxy) is 2. The monoisotopic (exact) mass is 260 g/mol. The molecule has 6 heteroatoms. The van der Waals surface area contributed by atoms with Gasteiger partial charge >= 0.3 is 0 Å². The first kappa shape index (κ1) is 15.0. The van der Waals surface area contributed by atoms with Gasteiger partial charge in [0.25, 0.3) is 0 Å². The predicted octanol–water partition coefficient (Wildman–Crippen LogP) is 1.87. The Morgan fingerprint density at radius 1 is 1.17 bits per heavy atom. The van der Waals surface area contributed by atoms with E-state index in [0.717, 1.165) is 12.1 Å². The molecule has 0 aliphatic heterocycles.